The topological polar surface area (TPSA) is 59.2 Å². The standard InChI is InChI=1S/C14H17N3O2S/c1-4-20-8-9(15-1)5-14-16-10-6-12-13(7-11(10)17-14)19-3-2-18-12/h6-7,9,15H,1-5,8H2,(H,16,17). The number of hydrogen-bond donors (Lipinski definition) is 2. The van der Waals surface area contributed by atoms with Crippen molar-refractivity contribution in [2.45, 2.75) is 12.5 Å². The van der Waals surface area contributed by atoms with Gasteiger partial charge in [0.25, 0.3) is 0 Å². The number of H-pyrrole nitrogens is 1. The largest absolute Gasteiger partial charge is 0.486 e. The van der Waals surface area contributed by atoms with Gasteiger partial charge in [-0.1, -0.05) is 0 Å². The van der Waals surface area contributed by atoms with Crippen LogP contribution < -0.4 is 14.8 Å². The maximum atomic E-state index is 5.60. The lowest BCUT2D eigenvalue weighted by atomic mass is 10.2. The van der Waals surface area contributed by atoms with Gasteiger partial charge < -0.3 is 19.8 Å². The third-order valence-electron chi connectivity index (χ3n) is 3.63. The van der Waals surface area contributed by atoms with Crippen LogP contribution >= 0.6 is 11.8 Å². The van der Waals surface area contributed by atoms with E-state index < -0.39 is 0 Å². The van der Waals surface area contributed by atoms with E-state index in [1.807, 2.05) is 23.9 Å². The Bertz CT molecular complexity index is 579. The summed E-state index contributed by atoms with van der Waals surface area (Å²) in [4.78, 5) is 8.07. The Kier molecular flexibility index (Phi) is 3.20. The van der Waals surface area contributed by atoms with Crippen LogP contribution in [0.3, 0.4) is 0 Å². The molecule has 1 fully saturated rings. The molecule has 0 spiro atoms. The number of aromatic nitrogens is 2. The Labute approximate surface area is 121 Å². The van der Waals surface area contributed by atoms with Gasteiger partial charge in [0.15, 0.2) is 11.5 Å². The Morgan fingerprint density at radius 2 is 2.10 bits per heavy atom. The van der Waals surface area contributed by atoms with Gasteiger partial charge in [0, 0.05) is 42.6 Å². The SMILES string of the molecule is c1c2c(cc3[nH]c(CC4CSCCN4)nc13)OCCO2. The fraction of sp³-hybridized carbons (Fsp3) is 0.500. The maximum Gasteiger partial charge on any atom is 0.163 e. The fourth-order valence-electron chi connectivity index (χ4n) is 2.68. The average molecular weight is 291 g/mol. The van der Waals surface area contributed by atoms with E-state index in [-0.39, 0.29) is 0 Å². The lowest BCUT2D eigenvalue weighted by Gasteiger charge is -2.21. The summed E-state index contributed by atoms with van der Waals surface area (Å²) < 4.78 is 11.2. The molecule has 1 unspecified atom stereocenters. The van der Waals surface area contributed by atoms with E-state index in [4.69, 9.17) is 9.47 Å². The highest BCUT2D eigenvalue weighted by Crippen LogP contribution is 2.33. The molecule has 0 aliphatic carbocycles. The highest BCUT2D eigenvalue weighted by molar-refractivity contribution is 7.99. The quantitative estimate of drug-likeness (QED) is 0.880. The molecule has 2 aromatic rings. The summed E-state index contributed by atoms with van der Waals surface area (Å²) in [6, 6.07) is 4.47. The van der Waals surface area contributed by atoms with Crippen molar-refractivity contribution in [3.8, 4) is 11.5 Å². The molecule has 5 nitrogen and oxygen atoms in total. The first-order valence-corrected chi connectivity index (χ1v) is 8.13. The number of hydrogen-bond acceptors (Lipinski definition) is 5. The molecule has 0 saturated carbocycles. The molecule has 0 radical (unpaired) electrons. The molecule has 1 saturated heterocycles. The van der Waals surface area contributed by atoms with Gasteiger partial charge in [-0.05, 0) is 0 Å². The summed E-state index contributed by atoms with van der Waals surface area (Å²) in [5, 5.41) is 3.54. The fourth-order valence-corrected chi connectivity index (χ4v) is 3.63. The lowest BCUT2D eigenvalue weighted by Crippen LogP contribution is -2.39. The van der Waals surface area contributed by atoms with Gasteiger partial charge in [-0.2, -0.15) is 11.8 Å². The molecule has 20 heavy (non-hydrogen) atoms. The second kappa shape index (κ2) is 5.18. The first-order valence-electron chi connectivity index (χ1n) is 6.98. The summed E-state index contributed by atoms with van der Waals surface area (Å²) in [6.07, 6.45) is 0.939. The van der Waals surface area contributed by atoms with Crippen molar-refractivity contribution in [3.63, 3.8) is 0 Å². The van der Waals surface area contributed by atoms with E-state index in [0.717, 1.165) is 47.1 Å². The molecule has 2 aliphatic heterocycles. The molecule has 2 N–H and O–H groups in total. The third kappa shape index (κ3) is 2.33. The molecule has 3 heterocycles. The van der Waals surface area contributed by atoms with Gasteiger partial charge in [-0.3, -0.25) is 0 Å². The first-order chi connectivity index (χ1) is 9.88. The molecule has 4 rings (SSSR count). The van der Waals surface area contributed by atoms with Crippen LogP contribution in [0.5, 0.6) is 11.5 Å². The van der Waals surface area contributed by atoms with Gasteiger partial charge in [-0.15, -0.1) is 0 Å². The zero-order valence-corrected chi connectivity index (χ0v) is 12.0. The van der Waals surface area contributed by atoms with Gasteiger partial charge in [-0.25, -0.2) is 4.98 Å². The molecule has 1 aromatic carbocycles. The molecule has 6 heteroatoms. The molecule has 106 valence electrons. The summed E-state index contributed by atoms with van der Waals surface area (Å²) in [7, 11) is 0. The summed E-state index contributed by atoms with van der Waals surface area (Å²) in [5.74, 6) is 5.00. The Balaban J connectivity index is 1.61. The van der Waals surface area contributed by atoms with Gasteiger partial charge in [0.2, 0.25) is 0 Å². The van der Waals surface area contributed by atoms with Crippen molar-refractivity contribution in [1.82, 2.24) is 15.3 Å². The number of fused-ring (bicyclic) bond motifs is 2. The number of aromatic amines is 1. The van der Waals surface area contributed by atoms with E-state index in [9.17, 15) is 0 Å². The minimum absolute atomic E-state index is 0.511. The second-order valence-electron chi connectivity index (χ2n) is 5.13. The molecular weight excluding hydrogens is 274 g/mol. The van der Waals surface area contributed by atoms with Gasteiger partial charge in [0.05, 0.1) is 11.0 Å². The zero-order chi connectivity index (χ0) is 13.4. The molecule has 1 aromatic heterocycles. The number of imidazole rings is 1. The van der Waals surface area contributed by atoms with Crippen LogP contribution in [-0.4, -0.2) is 47.3 Å². The summed E-state index contributed by atoms with van der Waals surface area (Å²) in [5.41, 5.74) is 1.97. The highest BCUT2D eigenvalue weighted by atomic mass is 32.2. The van der Waals surface area contributed by atoms with E-state index in [1.165, 1.54) is 5.75 Å². The van der Waals surface area contributed by atoms with E-state index in [0.29, 0.717) is 19.3 Å². The van der Waals surface area contributed by atoms with Crippen molar-refractivity contribution in [2.24, 2.45) is 0 Å². The van der Waals surface area contributed by atoms with Crippen molar-refractivity contribution in [2.75, 3.05) is 31.3 Å². The van der Waals surface area contributed by atoms with Crippen LogP contribution in [-0.2, 0) is 6.42 Å². The highest BCUT2D eigenvalue weighted by Gasteiger charge is 2.18. The predicted octanol–water partition coefficient (Wildman–Crippen LogP) is 1.58. The molecule has 0 amide bonds. The Morgan fingerprint density at radius 1 is 1.25 bits per heavy atom. The Hall–Kier alpha value is -1.40. The normalized spacial score (nSPS) is 22.1. The van der Waals surface area contributed by atoms with Crippen molar-refractivity contribution >= 4 is 22.8 Å². The smallest absolute Gasteiger partial charge is 0.163 e. The second-order valence-corrected chi connectivity index (χ2v) is 6.28. The number of thioether (sulfide) groups is 1. The average Bonchev–Trinajstić information content (AvgIpc) is 2.86. The van der Waals surface area contributed by atoms with Crippen LogP contribution in [0.15, 0.2) is 12.1 Å². The van der Waals surface area contributed by atoms with E-state index in [1.54, 1.807) is 0 Å². The number of rotatable bonds is 2. The monoisotopic (exact) mass is 291 g/mol. The Morgan fingerprint density at radius 3 is 2.90 bits per heavy atom. The van der Waals surface area contributed by atoms with Gasteiger partial charge >= 0.3 is 0 Å². The predicted molar refractivity (Wildman–Crippen MR) is 79.9 cm³/mol. The van der Waals surface area contributed by atoms with Crippen LogP contribution in [0.2, 0.25) is 0 Å². The van der Waals surface area contributed by atoms with Crippen LogP contribution in [0, 0.1) is 0 Å². The number of benzene rings is 1. The third-order valence-corrected chi connectivity index (χ3v) is 4.76. The molecule has 2 aliphatic rings. The van der Waals surface area contributed by atoms with E-state index in [2.05, 4.69) is 15.3 Å². The number of ether oxygens (including phenoxy) is 2. The number of nitrogens with one attached hydrogen (secondary N) is 2. The van der Waals surface area contributed by atoms with Crippen LogP contribution in [0.25, 0.3) is 11.0 Å². The van der Waals surface area contributed by atoms with Crippen molar-refractivity contribution < 1.29 is 9.47 Å². The van der Waals surface area contributed by atoms with Crippen LogP contribution in [0.4, 0.5) is 0 Å². The van der Waals surface area contributed by atoms with Crippen molar-refractivity contribution in [3.05, 3.63) is 18.0 Å². The minimum atomic E-state index is 0.511. The van der Waals surface area contributed by atoms with Gasteiger partial charge in [0.1, 0.15) is 19.0 Å². The first kappa shape index (κ1) is 12.3. The molecular formula is C14H17N3O2S. The minimum Gasteiger partial charge on any atom is -0.486 e. The van der Waals surface area contributed by atoms with E-state index >= 15 is 0 Å². The van der Waals surface area contributed by atoms with Crippen LogP contribution in [0.1, 0.15) is 5.82 Å². The lowest BCUT2D eigenvalue weighted by molar-refractivity contribution is 0.172. The van der Waals surface area contributed by atoms with Crippen molar-refractivity contribution in [1.29, 1.82) is 0 Å². The zero-order valence-electron chi connectivity index (χ0n) is 11.1. The number of nitrogens with zero attached hydrogens (tertiary/aromatic N) is 1. The summed E-state index contributed by atoms with van der Waals surface area (Å²) >= 11 is 2.01. The maximum absolute atomic E-state index is 5.60. The molecule has 1 atom stereocenters. The molecule has 0 bridgehead atoms. The summed E-state index contributed by atoms with van der Waals surface area (Å²) in [6.45, 7) is 2.31.